The minimum absolute atomic E-state index is 0.228. The lowest BCUT2D eigenvalue weighted by atomic mass is 10.2. The first-order chi connectivity index (χ1) is 14.8. The Hall–Kier alpha value is -2.26. The van der Waals surface area contributed by atoms with E-state index < -0.39 is 5.25 Å². The van der Waals surface area contributed by atoms with Gasteiger partial charge in [0.05, 0.1) is 37.9 Å². The topological polar surface area (TPSA) is 88.0 Å². The normalized spacial score (nSPS) is 13.3. The minimum atomic E-state index is -0.439. The second kappa shape index (κ2) is 9.08. The number of H-pyrrole nitrogens is 1. The quantitative estimate of drug-likeness (QED) is 0.325. The van der Waals surface area contributed by atoms with Crippen LogP contribution >= 0.6 is 46.3 Å². The van der Waals surface area contributed by atoms with E-state index in [4.69, 9.17) is 27.6 Å². The number of aromatic amines is 1. The molecule has 0 fully saturated rings. The Morgan fingerprint density at radius 2 is 1.97 bits per heavy atom. The number of benzene rings is 1. The van der Waals surface area contributed by atoms with Crippen LogP contribution in [0.25, 0.3) is 21.5 Å². The van der Waals surface area contributed by atoms with Crippen LogP contribution in [0.4, 0.5) is 5.69 Å². The predicted molar refractivity (Wildman–Crippen MR) is 129 cm³/mol. The number of fused-ring (bicyclic) bond motifs is 1. The fraction of sp³-hybridized carbons (Fsp3) is 0.190. The second-order valence-electron chi connectivity index (χ2n) is 6.76. The molecule has 0 bridgehead atoms. The molecule has 0 saturated heterocycles. The third-order valence-corrected chi connectivity index (χ3v) is 7.38. The van der Waals surface area contributed by atoms with E-state index in [0.717, 1.165) is 5.56 Å². The molecule has 3 heterocycles. The van der Waals surface area contributed by atoms with Gasteiger partial charge >= 0.3 is 0 Å². The molecule has 0 spiro atoms. The Morgan fingerprint density at radius 1 is 1.23 bits per heavy atom. The van der Waals surface area contributed by atoms with Crippen molar-refractivity contribution in [2.45, 2.75) is 24.3 Å². The highest BCUT2D eigenvalue weighted by molar-refractivity contribution is 8.00. The van der Waals surface area contributed by atoms with E-state index in [1.54, 1.807) is 43.5 Å². The van der Waals surface area contributed by atoms with Crippen LogP contribution in [-0.2, 0) is 4.79 Å². The molecule has 6 nitrogen and oxygen atoms in total. The molecule has 1 amide bonds. The average Bonchev–Trinajstić information content (AvgIpc) is 3.40. The number of nitrogens with one attached hydrogen (secondary N) is 2. The summed E-state index contributed by atoms with van der Waals surface area (Å²) in [6, 6.07) is 8.60. The molecule has 160 valence electrons. The van der Waals surface area contributed by atoms with Gasteiger partial charge < -0.3 is 14.7 Å². The van der Waals surface area contributed by atoms with Gasteiger partial charge in [0.1, 0.15) is 16.4 Å². The van der Waals surface area contributed by atoms with Crippen LogP contribution in [0.1, 0.15) is 24.9 Å². The summed E-state index contributed by atoms with van der Waals surface area (Å²) < 4.78 is 5.42. The number of hydrogen-bond donors (Lipinski definition) is 2. The lowest BCUT2D eigenvalue weighted by Gasteiger charge is -2.17. The first-order valence-electron chi connectivity index (χ1n) is 9.30. The van der Waals surface area contributed by atoms with Crippen molar-refractivity contribution in [3.8, 4) is 11.3 Å². The highest BCUT2D eigenvalue weighted by Crippen LogP contribution is 2.35. The molecule has 0 radical (unpaired) electrons. The van der Waals surface area contributed by atoms with Crippen molar-refractivity contribution in [2.24, 2.45) is 0 Å². The van der Waals surface area contributed by atoms with E-state index in [0.29, 0.717) is 37.5 Å². The van der Waals surface area contributed by atoms with Gasteiger partial charge in [-0.05, 0) is 38.1 Å². The molecule has 1 aromatic carbocycles. The molecule has 4 rings (SSSR count). The molecular weight excluding hydrogens is 477 g/mol. The number of hydrogen-bond acceptors (Lipinski definition) is 6. The second-order valence-corrected chi connectivity index (χ2v) is 10.1. The highest BCUT2D eigenvalue weighted by atomic mass is 35.5. The van der Waals surface area contributed by atoms with Gasteiger partial charge in [0, 0.05) is 10.9 Å². The van der Waals surface area contributed by atoms with Crippen LogP contribution in [0.3, 0.4) is 0 Å². The van der Waals surface area contributed by atoms with Crippen molar-refractivity contribution in [1.29, 1.82) is 0 Å². The summed E-state index contributed by atoms with van der Waals surface area (Å²) >= 11 is 15.0. The van der Waals surface area contributed by atoms with Gasteiger partial charge in [-0.1, -0.05) is 29.3 Å². The number of nitrogens with zero attached hydrogens (tertiary/aromatic N) is 1. The number of amides is 1. The Morgan fingerprint density at radius 3 is 2.65 bits per heavy atom. The van der Waals surface area contributed by atoms with E-state index in [2.05, 4.69) is 15.3 Å². The number of thiophene rings is 1. The lowest BCUT2D eigenvalue weighted by Crippen LogP contribution is -2.24. The van der Waals surface area contributed by atoms with Crippen LogP contribution in [0.5, 0.6) is 0 Å². The summed E-state index contributed by atoms with van der Waals surface area (Å²) in [5.74, 6) is 0.884. The maximum atomic E-state index is 12.8. The molecule has 2 N–H and O–H groups in total. The van der Waals surface area contributed by atoms with Crippen molar-refractivity contribution in [3.63, 3.8) is 0 Å². The van der Waals surface area contributed by atoms with E-state index in [1.807, 2.05) is 12.3 Å². The van der Waals surface area contributed by atoms with Crippen LogP contribution in [-0.4, -0.2) is 21.1 Å². The first kappa shape index (κ1) is 22.0. The number of carbonyl (C=O) groups excluding carboxylic acids is 1. The summed E-state index contributed by atoms with van der Waals surface area (Å²) in [6.07, 6.45) is 1.57. The molecule has 10 heteroatoms. The van der Waals surface area contributed by atoms with E-state index in [-0.39, 0.29) is 16.7 Å². The summed E-state index contributed by atoms with van der Waals surface area (Å²) in [6.45, 7) is 3.67. The standard InChI is InChI=1S/C21H17Cl2N3O3S2/c1-10(31-11(2)19(27)24-17-13(22)5-3-6-14(17)23)18-25-20(28)16-12(9-30-21(16)26-18)15-7-4-8-29-15/h3-11H,1-2H3,(H,24,27)(H,25,26,28). The molecule has 0 aliphatic heterocycles. The molecule has 4 aromatic rings. The zero-order valence-electron chi connectivity index (χ0n) is 16.4. The number of furan rings is 1. The summed E-state index contributed by atoms with van der Waals surface area (Å²) in [7, 11) is 0. The number of anilines is 1. The zero-order chi connectivity index (χ0) is 22.1. The third kappa shape index (κ3) is 4.52. The fourth-order valence-electron chi connectivity index (χ4n) is 3.05. The molecule has 0 aliphatic carbocycles. The predicted octanol–water partition coefficient (Wildman–Crippen LogP) is 6.37. The number of carbonyl (C=O) groups is 1. The monoisotopic (exact) mass is 493 g/mol. The maximum absolute atomic E-state index is 12.8. The fourth-order valence-corrected chi connectivity index (χ4v) is 5.51. The maximum Gasteiger partial charge on any atom is 0.260 e. The number of para-hydroxylation sites is 1. The number of thioether (sulfide) groups is 1. The molecule has 31 heavy (non-hydrogen) atoms. The van der Waals surface area contributed by atoms with Gasteiger partial charge in [-0.25, -0.2) is 4.98 Å². The minimum Gasteiger partial charge on any atom is -0.464 e. The van der Waals surface area contributed by atoms with Gasteiger partial charge in [-0.2, -0.15) is 0 Å². The van der Waals surface area contributed by atoms with E-state index >= 15 is 0 Å². The Bertz CT molecular complexity index is 1280. The van der Waals surface area contributed by atoms with Crippen molar-refractivity contribution in [3.05, 3.63) is 68.2 Å². The average molecular weight is 494 g/mol. The van der Waals surface area contributed by atoms with E-state index in [9.17, 15) is 9.59 Å². The molecule has 3 aromatic heterocycles. The van der Waals surface area contributed by atoms with Gasteiger partial charge in [-0.15, -0.1) is 23.1 Å². The smallest absolute Gasteiger partial charge is 0.260 e. The van der Waals surface area contributed by atoms with Gasteiger partial charge in [-0.3, -0.25) is 9.59 Å². The highest BCUT2D eigenvalue weighted by Gasteiger charge is 2.22. The van der Waals surface area contributed by atoms with E-state index in [1.165, 1.54) is 23.1 Å². The van der Waals surface area contributed by atoms with Gasteiger partial charge in [0.25, 0.3) is 5.56 Å². The molecule has 2 atom stereocenters. The van der Waals surface area contributed by atoms with Crippen molar-refractivity contribution in [1.82, 2.24) is 9.97 Å². The first-order valence-corrected chi connectivity index (χ1v) is 11.9. The number of aromatic nitrogens is 2. The van der Waals surface area contributed by atoms with Crippen molar-refractivity contribution >= 4 is 68.1 Å². The van der Waals surface area contributed by atoms with Gasteiger partial charge in [0.2, 0.25) is 5.91 Å². The molecule has 2 unspecified atom stereocenters. The Kier molecular flexibility index (Phi) is 6.43. The van der Waals surface area contributed by atoms with Crippen LogP contribution in [0.2, 0.25) is 10.0 Å². The zero-order valence-corrected chi connectivity index (χ0v) is 19.6. The molecular formula is C21H17Cl2N3O3S2. The lowest BCUT2D eigenvalue weighted by molar-refractivity contribution is -0.115. The van der Waals surface area contributed by atoms with Crippen LogP contribution in [0.15, 0.2) is 51.2 Å². The molecule has 0 aliphatic rings. The summed E-state index contributed by atoms with van der Waals surface area (Å²) in [4.78, 5) is 33.5. The van der Waals surface area contributed by atoms with Crippen molar-refractivity contribution in [2.75, 3.05) is 5.32 Å². The largest absolute Gasteiger partial charge is 0.464 e. The van der Waals surface area contributed by atoms with Gasteiger partial charge in [0.15, 0.2) is 0 Å². The SMILES string of the molecule is CC(SC(C)c1nc2scc(-c3ccco3)c2c(=O)[nH]1)C(=O)Nc1c(Cl)cccc1Cl. The van der Waals surface area contributed by atoms with Crippen LogP contribution < -0.4 is 10.9 Å². The Labute approximate surface area is 196 Å². The third-order valence-electron chi connectivity index (χ3n) is 4.62. The number of halogens is 2. The van der Waals surface area contributed by atoms with Crippen molar-refractivity contribution < 1.29 is 9.21 Å². The van der Waals surface area contributed by atoms with Crippen LogP contribution in [0, 0.1) is 0 Å². The molecule has 0 saturated carbocycles. The summed E-state index contributed by atoms with van der Waals surface area (Å²) in [5, 5.41) is 5.20. The Balaban J connectivity index is 1.52. The number of rotatable bonds is 6. The summed E-state index contributed by atoms with van der Waals surface area (Å²) in [5.41, 5.74) is 0.864.